The van der Waals surface area contributed by atoms with Gasteiger partial charge in [-0.2, -0.15) is 0 Å². The molecule has 2 amide bonds. The van der Waals surface area contributed by atoms with Crippen LogP contribution < -0.4 is 15.0 Å². The summed E-state index contributed by atoms with van der Waals surface area (Å²) < 4.78 is 5.50. The van der Waals surface area contributed by atoms with E-state index in [0.29, 0.717) is 59.1 Å². The Bertz CT molecular complexity index is 931. The van der Waals surface area contributed by atoms with Crippen LogP contribution in [-0.4, -0.2) is 49.5 Å². The molecule has 30 heavy (non-hydrogen) atoms. The lowest BCUT2D eigenvalue weighted by Crippen LogP contribution is -2.48. The van der Waals surface area contributed by atoms with E-state index < -0.39 is 0 Å². The van der Waals surface area contributed by atoms with Gasteiger partial charge < -0.3 is 19.9 Å². The highest BCUT2D eigenvalue weighted by atomic mass is 35.5. The van der Waals surface area contributed by atoms with E-state index in [2.05, 4.69) is 10.2 Å². The highest BCUT2D eigenvalue weighted by molar-refractivity contribution is 6.35. The maximum Gasteiger partial charge on any atom is 0.262 e. The number of ether oxygens (including phenoxy) is 1. The summed E-state index contributed by atoms with van der Waals surface area (Å²) in [6, 6.07) is 10.1. The normalized spacial score (nSPS) is 13.9. The number of hydrogen-bond acceptors (Lipinski definition) is 4. The van der Waals surface area contributed by atoms with Gasteiger partial charge in [0.05, 0.1) is 16.4 Å². The van der Waals surface area contributed by atoms with E-state index in [0.717, 1.165) is 5.69 Å². The number of carbonyl (C=O) groups is 2. The van der Waals surface area contributed by atoms with E-state index in [1.807, 2.05) is 17.9 Å². The number of amides is 2. The maximum atomic E-state index is 12.5. The van der Waals surface area contributed by atoms with Crippen LogP contribution in [0.25, 0.3) is 0 Å². The molecule has 0 aliphatic carbocycles. The molecule has 0 unspecified atom stereocenters. The summed E-state index contributed by atoms with van der Waals surface area (Å²) in [6.07, 6.45) is 0.500. The molecule has 0 atom stereocenters. The highest BCUT2D eigenvalue weighted by Gasteiger charge is 2.22. The summed E-state index contributed by atoms with van der Waals surface area (Å²) in [7, 11) is 0. The average Bonchev–Trinajstić information content (AvgIpc) is 2.73. The van der Waals surface area contributed by atoms with Crippen molar-refractivity contribution in [1.82, 2.24) is 4.90 Å². The van der Waals surface area contributed by atoms with E-state index in [9.17, 15) is 9.59 Å². The Kier molecular flexibility index (Phi) is 7.69. The smallest absolute Gasteiger partial charge is 0.262 e. The van der Waals surface area contributed by atoms with Crippen LogP contribution in [0.5, 0.6) is 5.75 Å². The summed E-state index contributed by atoms with van der Waals surface area (Å²) in [4.78, 5) is 28.4. The molecule has 1 heterocycles. The fourth-order valence-corrected chi connectivity index (χ4v) is 3.86. The van der Waals surface area contributed by atoms with E-state index in [1.54, 1.807) is 30.3 Å². The van der Waals surface area contributed by atoms with E-state index >= 15 is 0 Å². The Morgan fingerprint density at radius 1 is 1.00 bits per heavy atom. The molecule has 0 aromatic heterocycles. The quantitative estimate of drug-likeness (QED) is 0.663. The van der Waals surface area contributed by atoms with E-state index in [-0.39, 0.29) is 18.4 Å². The summed E-state index contributed by atoms with van der Waals surface area (Å²) in [5.74, 6) is 0.181. The average molecular weight is 471 g/mol. The topological polar surface area (TPSA) is 61.9 Å². The zero-order chi connectivity index (χ0) is 21.7. The molecular formula is C21H22Cl3N3O3. The van der Waals surface area contributed by atoms with Crippen molar-refractivity contribution < 1.29 is 14.3 Å². The van der Waals surface area contributed by atoms with Gasteiger partial charge in [-0.15, -0.1) is 0 Å². The van der Waals surface area contributed by atoms with Crippen molar-refractivity contribution >= 4 is 58.0 Å². The Morgan fingerprint density at radius 3 is 2.33 bits per heavy atom. The molecule has 160 valence electrons. The molecule has 2 aromatic carbocycles. The Morgan fingerprint density at radius 2 is 1.67 bits per heavy atom. The van der Waals surface area contributed by atoms with Crippen molar-refractivity contribution in [3.63, 3.8) is 0 Å². The molecule has 0 saturated carbocycles. The van der Waals surface area contributed by atoms with Gasteiger partial charge in [-0.3, -0.25) is 9.59 Å². The van der Waals surface area contributed by atoms with E-state index in [1.165, 1.54) is 0 Å². The molecule has 1 N–H and O–H groups in total. The van der Waals surface area contributed by atoms with Gasteiger partial charge in [-0.05, 0) is 36.4 Å². The molecule has 3 rings (SSSR count). The minimum absolute atomic E-state index is 0.150. The van der Waals surface area contributed by atoms with Crippen LogP contribution in [0.2, 0.25) is 15.1 Å². The third-order valence-electron chi connectivity index (χ3n) is 4.76. The first-order chi connectivity index (χ1) is 14.4. The number of halogens is 3. The molecule has 2 aromatic rings. The van der Waals surface area contributed by atoms with Crippen molar-refractivity contribution in [3.8, 4) is 5.75 Å². The van der Waals surface area contributed by atoms with Gasteiger partial charge in [0, 0.05) is 42.6 Å². The standard InChI is InChI=1S/C21H22Cl3N3O3/c1-2-21(29)27-9-7-26(8-10-27)18-5-3-15(23)12-17(18)25-20(28)13-30-19-6-4-14(22)11-16(19)24/h3-6,11-12H,2,7-10,13H2,1H3,(H,25,28). The first kappa shape index (κ1) is 22.5. The van der Waals surface area contributed by atoms with Crippen LogP contribution >= 0.6 is 34.8 Å². The number of carbonyl (C=O) groups excluding carboxylic acids is 2. The Balaban J connectivity index is 1.65. The largest absolute Gasteiger partial charge is 0.482 e. The predicted octanol–water partition coefficient (Wildman–Crippen LogP) is 4.72. The monoisotopic (exact) mass is 469 g/mol. The second-order valence-electron chi connectivity index (χ2n) is 6.79. The Hall–Kier alpha value is -2.15. The highest BCUT2D eigenvalue weighted by Crippen LogP contribution is 2.31. The fourth-order valence-electron chi connectivity index (χ4n) is 3.23. The number of nitrogens with one attached hydrogen (secondary N) is 1. The lowest BCUT2D eigenvalue weighted by Gasteiger charge is -2.37. The minimum atomic E-state index is -0.343. The summed E-state index contributed by atoms with van der Waals surface area (Å²) in [5, 5.41) is 4.18. The van der Waals surface area contributed by atoms with Crippen molar-refractivity contribution in [2.45, 2.75) is 13.3 Å². The molecule has 0 bridgehead atoms. The van der Waals surface area contributed by atoms with Gasteiger partial charge in [0.15, 0.2) is 6.61 Å². The molecule has 9 heteroatoms. The van der Waals surface area contributed by atoms with Crippen molar-refractivity contribution in [2.24, 2.45) is 0 Å². The van der Waals surface area contributed by atoms with Crippen LogP contribution in [-0.2, 0) is 9.59 Å². The summed E-state index contributed by atoms with van der Waals surface area (Å²) in [5.41, 5.74) is 1.44. The summed E-state index contributed by atoms with van der Waals surface area (Å²) >= 11 is 18.1. The van der Waals surface area contributed by atoms with Gasteiger partial charge in [0.1, 0.15) is 5.75 Å². The van der Waals surface area contributed by atoms with Gasteiger partial charge in [0.2, 0.25) is 5.91 Å². The molecular weight excluding hydrogens is 449 g/mol. The predicted molar refractivity (Wildman–Crippen MR) is 121 cm³/mol. The maximum absolute atomic E-state index is 12.5. The second-order valence-corrected chi connectivity index (χ2v) is 8.07. The number of nitrogens with zero attached hydrogens (tertiary/aromatic N) is 2. The van der Waals surface area contributed by atoms with Crippen molar-refractivity contribution in [1.29, 1.82) is 0 Å². The number of anilines is 2. The molecule has 1 aliphatic rings. The van der Waals surface area contributed by atoms with Gasteiger partial charge in [-0.25, -0.2) is 0 Å². The first-order valence-corrected chi connectivity index (χ1v) is 10.7. The lowest BCUT2D eigenvalue weighted by atomic mass is 10.2. The van der Waals surface area contributed by atoms with Crippen LogP contribution in [0, 0.1) is 0 Å². The zero-order valence-corrected chi connectivity index (χ0v) is 18.7. The number of benzene rings is 2. The number of hydrogen-bond donors (Lipinski definition) is 1. The second kappa shape index (κ2) is 10.2. The van der Waals surface area contributed by atoms with Crippen LogP contribution in [0.4, 0.5) is 11.4 Å². The van der Waals surface area contributed by atoms with Gasteiger partial charge >= 0.3 is 0 Å². The molecule has 1 fully saturated rings. The number of rotatable bonds is 6. The third-order valence-corrected chi connectivity index (χ3v) is 5.53. The van der Waals surface area contributed by atoms with Crippen LogP contribution in [0.1, 0.15) is 13.3 Å². The van der Waals surface area contributed by atoms with Crippen LogP contribution in [0.15, 0.2) is 36.4 Å². The molecule has 0 radical (unpaired) electrons. The molecule has 6 nitrogen and oxygen atoms in total. The third kappa shape index (κ3) is 5.72. The summed E-state index contributed by atoms with van der Waals surface area (Å²) in [6.45, 7) is 4.27. The van der Waals surface area contributed by atoms with Crippen molar-refractivity contribution in [3.05, 3.63) is 51.5 Å². The Labute approximate surface area is 190 Å². The molecule has 1 saturated heterocycles. The van der Waals surface area contributed by atoms with E-state index in [4.69, 9.17) is 39.5 Å². The van der Waals surface area contributed by atoms with Gasteiger partial charge in [0.25, 0.3) is 5.91 Å². The zero-order valence-electron chi connectivity index (χ0n) is 16.5. The minimum Gasteiger partial charge on any atom is -0.482 e. The molecule has 1 aliphatic heterocycles. The lowest BCUT2D eigenvalue weighted by molar-refractivity contribution is -0.131. The molecule has 0 spiro atoms. The van der Waals surface area contributed by atoms with Crippen molar-refractivity contribution in [2.75, 3.05) is 43.0 Å². The first-order valence-electron chi connectivity index (χ1n) is 9.57. The SMILES string of the molecule is CCC(=O)N1CCN(c2ccc(Cl)cc2NC(=O)COc2ccc(Cl)cc2Cl)CC1. The fraction of sp³-hybridized carbons (Fsp3) is 0.333. The number of piperazine rings is 1. The van der Waals surface area contributed by atoms with Gasteiger partial charge in [-0.1, -0.05) is 41.7 Å². The van der Waals surface area contributed by atoms with Crippen LogP contribution in [0.3, 0.4) is 0 Å².